The van der Waals surface area contributed by atoms with Crippen LogP contribution in [0.1, 0.15) is 41.5 Å². The number of nitrogens with zero attached hydrogens (tertiary/aromatic N) is 3. The summed E-state index contributed by atoms with van der Waals surface area (Å²) in [6.45, 7) is 7.01. The summed E-state index contributed by atoms with van der Waals surface area (Å²) in [5, 5.41) is 2.94. The summed E-state index contributed by atoms with van der Waals surface area (Å²) in [6, 6.07) is -0.0379. The molecule has 1 spiro atoms. The third kappa shape index (κ3) is 2.81. The van der Waals surface area contributed by atoms with E-state index in [9.17, 15) is 9.59 Å². The summed E-state index contributed by atoms with van der Waals surface area (Å²) in [4.78, 5) is 34.2. The maximum absolute atomic E-state index is 12.7. The van der Waals surface area contributed by atoms with Gasteiger partial charge in [0.05, 0.1) is 11.6 Å². The molecule has 1 aromatic heterocycles. The van der Waals surface area contributed by atoms with Crippen LogP contribution in [-0.2, 0) is 9.53 Å². The molecule has 124 valence electrons. The Labute approximate surface area is 135 Å². The molecule has 2 aliphatic rings. The third-order valence-corrected chi connectivity index (χ3v) is 5.09. The largest absolute Gasteiger partial charge is 0.363 e. The highest BCUT2D eigenvalue weighted by Crippen LogP contribution is 2.32. The zero-order valence-electron chi connectivity index (χ0n) is 13.8. The standard InChI is InChI=1S/C16H22N4O3/c1-10-11(2)17-9-18-14(10)15(22)20-6-4-16(5-7-20)12(3)19-13(21)8-23-16/h9,12H,4-8H2,1-3H3,(H,19,21). The maximum atomic E-state index is 12.7. The van der Waals surface area contributed by atoms with Crippen LogP contribution in [-0.4, -0.2) is 58.0 Å². The van der Waals surface area contributed by atoms with E-state index in [1.54, 1.807) is 0 Å². The number of hydrogen-bond donors (Lipinski definition) is 1. The summed E-state index contributed by atoms with van der Waals surface area (Å²) in [5.74, 6) is -0.135. The molecule has 1 unspecified atom stereocenters. The van der Waals surface area contributed by atoms with Crippen LogP contribution in [0.4, 0.5) is 0 Å². The molecule has 1 N–H and O–H groups in total. The molecule has 1 aromatic rings. The zero-order chi connectivity index (χ0) is 16.6. The third-order valence-electron chi connectivity index (χ3n) is 5.09. The molecule has 1 atom stereocenters. The van der Waals surface area contributed by atoms with E-state index >= 15 is 0 Å². The van der Waals surface area contributed by atoms with E-state index in [1.807, 2.05) is 25.7 Å². The molecule has 2 fully saturated rings. The average Bonchev–Trinajstić information content (AvgIpc) is 2.54. The lowest BCUT2D eigenvalue weighted by atomic mass is 9.83. The van der Waals surface area contributed by atoms with E-state index in [4.69, 9.17) is 4.74 Å². The van der Waals surface area contributed by atoms with Crippen LogP contribution in [0.15, 0.2) is 6.33 Å². The van der Waals surface area contributed by atoms with Crippen LogP contribution >= 0.6 is 0 Å². The molecule has 0 aromatic carbocycles. The van der Waals surface area contributed by atoms with E-state index < -0.39 is 0 Å². The number of aryl methyl sites for hydroxylation is 1. The smallest absolute Gasteiger partial charge is 0.272 e. The van der Waals surface area contributed by atoms with Gasteiger partial charge in [0.15, 0.2) is 0 Å². The Morgan fingerprint density at radius 2 is 2.04 bits per heavy atom. The fourth-order valence-electron chi connectivity index (χ4n) is 3.32. The number of carbonyl (C=O) groups excluding carboxylic acids is 2. The van der Waals surface area contributed by atoms with Crippen molar-refractivity contribution < 1.29 is 14.3 Å². The van der Waals surface area contributed by atoms with Gasteiger partial charge in [-0.05, 0) is 33.6 Å². The van der Waals surface area contributed by atoms with Crippen LogP contribution in [0, 0.1) is 13.8 Å². The Morgan fingerprint density at radius 1 is 1.35 bits per heavy atom. The second-order valence-corrected chi connectivity index (χ2v) is 6.37. The van der Waals surface area contributed by atoms with Crippen molar-refractivity contribution in [2.75, 3.05) is 19.7 Å². The monoisotopic (exact) mass is 318 g/mol. The number of ether oxygens (including phenoxy) is 1. The van der Waals surface area contributed by atoms with Crippen molar-refractivity contribution in [2.45, 2.75) is 45.3 Å². The van der Waals surface area contributed by atoms with Gasteiger partial charge >= 0.3 is 0 Å². The average molecular weight is 318 g/mol. The number of hydrogen-bond acceptors (Lipinski definition) is 5. The van der Waals surface area contributed by atoms with Crippen LogP contribution in [0.2, 0.25) is 0 Å². The van der Waals surface area contributed by atoms with Gasteiger partial charge in [-0.3, -0.25) is 9.59 Å². The van der Waals surface area contributed by atoms with Gasteiger partial charge in [0.1, 0.15) is 18.6 Å². The molecule has 3 rings (SSSR count). The minimum atomic E-state index is -0.360. The Hall–Kier alpha value is -2.02. The number of amides is 2. The SMILES string of the molecule is Cc1ncnc(C(=O)N2CCC3(CC2)OCC(=O)NC3C)c1C. The minimum Gasteiger partial charge on any atom is -0.363 e. The van der Waals surface area contributed by atoms with Gasteiger partial charge in [-0.25, -0.2) is 9.97 Å². The van der Waals surface area contributed by atoms with Crippen molar-refractivity contribution in [3.8, 4) is 0 Å². The molecule has 0 aliphatic carbocycles. The van der Waals surface area contributed by atoms with Crippen LogP contribution in [0.5, 0.6) is 0 Å². The maximum Gasteiger partial charge on any atom is 0.272 e. The fourth-order valence-corrected chi connectivity index (χ4v) is 3.32. The van der Waals surface area contributed by atoms with Gasteiger partial charge < -0.3 is 15.0 Å². The fraction of sp³-hybridized carbons (Fsp3) is 0.625. The van der Waals surface area contributed by atoms with Crippen molar-refractivity contribution in [2.24, 2.45) is 0 Å². The highest BCUT2D eigenvalue weighted by Gasteiger charge is 2.45. The van der Waals surface area contributed by atoms with Gasteiger partial charge in [-0.15, -0.1) is 0 Å². The van der Waals surface area contributed by atoms with Crippen LogP contribution in [0.25, 0.3) is 0 Å². The van der Waals surface area contributed by atoms with Gasteiger partial charge in [0.25, 0.3) is 5.91 Å². The summed E-state index contributed by atoms with van der Waals surface area (Å²) in [5.41, 5.74) is 1.76. The Morgan fingerprint density at radius 3 is 2.70 bits per heavy atom. The van der Waals surface area contributed by atoms with Gasteiger partial charge in [-0.1, -0.05) is 0 Å². The molecule has 2 aliphatic heterocycles. The first-order valence-electron chi connectivity index (χ1n) is 7.94. The molecule has 0 bridgehead atoms. The van der Waals surface area contributed by atoms with E-state index in [1.165, 1.54) is 6.33 Å². The molecule has 0 saturated carbocycles. The molecule has 7 heteroatoms. The van der Waals surface area contributed by atoms with Crippen LogP contribution in [0.3, 0.4) is 0 Å². The molecule has 23 heavy (non-hydrogen) atoms. The first-order valence-corrected chi connectivity index (χ1v) is 7.94. The Bertz CT molecular complexity index is 638. The minimum absolute atomic E-state index is 0.0379. The van der Waals surface area contributed by atoms with E-state index in [0.717, 1.165) is 11.3 Å². The van der Waals surface area contributed by atoms with E-state index in [-0.39, 0.29) is 30.1 Å². The lowest BCUT2D eigenvalue weighted by molar-refractivity contribution is -0.158. The number of likely N-dealkylation sites (tertiary alicyclic amines) is 1. The zero-order valence-corrected chi connectivity index (χ0v) is 13.8. The molecule has 2 saturated heterocycles. The van der Waals surface area contributed by atoms with E-state index in [2.05, 4.69) is 15.3 Å². The van der Waals surface area contributed by atoms with Crippen molar-refractivity contribution in [1.82, 2.24) is 20.2 Å². The molecular formula is C16H22N4O3. The normalized spacial score (nSPS) is 23.7. The number of aromatic nitrogens is 2. The Balaban J connectivity index is 1.70. The summed E-state index contributed by atoms with van der Waals surface area (Å²) in [7, 11) is 0. The number of rotatable bonds is 1. The predicted octanol–water partition coefficient (Wildman–Crippen LogP) is 0.603. The predicted molar refractivity (Wildman–Crippen MR) is 82.9 cm³/mol. The molecule has 2 amide bonds. The van der Waals surface area contributed by atoms with Crippen molar-refractivity contribution in [3.63, 3.8) is 0 Å². The first kappa shape index (κ1) is 15.9. The van der Waals surface area contributed by atoms with Gasteiger partial charge in [0.2, 0.25) is 5.91 Å². The number of piperidine rings is 1. The first-order chi connectivity index (χ1) is 10.9. The summed E-state index contributed by atoms with van der Waals surface area (Å²) < 4.78 is 5.83. The number of carbonyl (C=O) groups is 2. The lowest BCUT2D eigenvalue weighted by Crippen LogP contribution is -2.63. The number of morpholine rings is 1. The summed E-state index contributed by atoms with van der Waals surface area (Å²) in [6.07, 6.45) is 2.86. The highest BCUT2D eigenvalue weighted by molar-refractivity contribution is 5.93. The highest BCUT2D eigenvalue weighted by atomic mass is 16.5. The molecule has 3 heterocycles. The molecule has 7 nitrogen and oxygen atoms in total. The van der Waals surface area contributed by atoms with Crippen molar-refractivity contribution >= 4 is 11.8 Å². The Kier molecular flexibility index (Phi) is 4.06. The van der Waals surface area contributed by atoms with Gasteiger partial charge in [-0.2, -0.15) is 0 Å². The van der Waals surface area contributed by atoms with Crippen LogP contribution < -0.4 is 5.32 Å². The molecular weight excluding hydrogens is 296 g/mol. The quantitative estimate of drug-likeness (QED) is 0.820. The second-order valence-electron chi connectivity index (χ2n) is 6.37. The lowest BCUT2D eigenvalue weighted by Gasteiger charge is -2.47. The van der Waals surface area contributed by atoms with Crippen molar-refractivity contribution in [1.29, 1.82) is 0 Å². The van der Waals surface area contributed by atoms with Gasteiger partial charge in [0, 0.05) is 24.3 Å². The molecule has 0 radical (unpaired) electrons. The topological polar surface area (TPSA) is 84.4 Å². The van der Waals surface area contributed by atoms with E-state index in [0.29, 0.717) is 31.6 Å². The van der Waals surface area contributed by atoms with Crippen molar-refractivity contribution in [3.05, 3.63) is 23.3 Å². The summed E-state index contributed by atoms with van der Waals surface area (Å²) >= 11 is 0. The second kappa shape index (κ2) is 5.88. The number of nitrogens with one attached hydrogen (secondary N) is 1.